The maximum Gasteiger partial charge on any atom is 0.379 e. The summed E-state index contributed by atoms with van der Waals surface area (Å²) in [6.45, 7) is -0.899. The Morgan fingerprint density at radius 3 is 1.46 bits per heavy atom. The fourth-order valence-corrected chi connectivity index (χ4v) is 2.70. The molecule has 11 nitrogen and oxygen atoms in total. The van der Waals surface area contributed by atoms with Gasteiger partial charge in [0.15, 0.2) is 0 Å². The first kappa shape index (κ1) is 55.2. The van der Waals surface area contributed by atoms with Crippen LogP contribution in [0, 0.1) is 0 Å². The Kier molecular flexibility index (Phi) is 64.3. The number of hydrogen-bond acceptors (Lipinski definition) is 8. The summed E-state index contributed by atoms with van der Waals surface area (Å²) in [7, 11) is 1.94. The topological polar surface area (TPSA) is 238 Å². The number of aliphatic hydroxyl groups excluding tert-OH is 5. The molecule has 0 aliphatic carbocycles. The lowest BCUT2D eigenvalue weighted by Crippen LogP contribution is -3.10. The van der Waals surface area contributed by atoms with Gasteiger partial charge in [0.1, 0.15) is 31.0 Å². The van der Waals surface area contributed by atoms with Crippen molar-refractivity contribution in [3.63, 3.8) is 0 Å². The monoisotopic (exact) mass is 573 g/mol. The summed E-state index contributed by atoms with van der Waals surface area (Å²) >= 11 is -0.750. The molecule has 224 valence electrons. The van der Waals surface area contributed by atoms with Crippen LogP contribution < -0.4 is 11.1 Å². The second-order valence-electron chi connectivity index (χ2n) is 7.00. The van der Waals surface area contributed by atoms with Crippen LogP contribution in [0.5, 0.6) is 0 Å². The number of hydrogen-bond donors (Lipinski definition) is 7. The van der Waals surface area contributed by atoms with Crippen molar-refractivity contribution in [3.8, 4) is 0 Å². The minimum atomic E-state index is -3.67. The number of nitrogens with one attached hydrogen (secondary N) is 1. The summed E-state index contributed by atoms with van der Waals surface area (Å²) in [6.07, 6.45) is 4.45. The van der Waals surface area contributed by atoms with Crippen molar-refractivity contribution < 1.29 is 63.0 Å². The highest BCUT2D eigenvalue weighted by atomic mass is 32.1. The van der Waals surface area contributed by atoms with Gasteiger partial charge in [-0.25, -0.2) is 0 Å². The fourth-order valence-electron chi connectivity index (χ4n) is 2.70. The third-order valence-electron chi connectivity index (χ3n) is 4.34. The third-order valence-corrected chi connectivity index (χ3v) is 4.34. The van der Waals surface area contributed by atoms with Gasteiger partial charge >= 0.3 is 18.3 Å². The first-order valence-corrected chi connectivity index (χ1v) is 10.7. The van der Waals surface area contributed by atoms with Crippen LogP contribution in [-0.2, 0) is 11.6 Å². The number of likely N-dealkylation sites (N-methyl/N-ethyl adjacent to an activating group) is 1. The second kappa shape index (κ2) is 40.8. The first-order valence-electron chi connectivity index (χ1n) is 10.1. The van der Waals surface area contributed by atoms with Crippen molar-refractivity contribution in [3.05, 3.63) is 0 Å². The highest BCUT2D eigenvalue weighted by Gasteiger charge is 2.31. The Labute approximate surface area is 218 Å². The fraction of sp³-hybridized carbons (Fsp3) is 1.00. The van der Waals surface area contributed by atoms with Gasteiger partial charge in [0.25, 0.3) is 0 Å². The first-order chi connectivity index (χ1) is 14.1. The van der Waals surface area contributed by atoms with E-state index in [1.54, 1.807) is 0 Å². The minimum absolute atomic E-state index is 0. The summed E-state index contributed by atoms with van der Waals surface area (Å²) in [5, 5.41) is 47.3. The van der Waals surface area contributed by atoms with E-state index in [0.717, 1.165) is 17.9 Å². The van der Waals surface area contributed by atoms with E-state index < -0.39 is 49.3 Å². The van der Waals surface area contributed by atoms with Gasteiger partial charge in [0.05, 0.1) is 20.2 Å². The molecule has 0 heterocycles. The Hall–Kier alpha value is -0.400. The molecule has 0 spiro atoms. The van der Waals surface area contributed by atoms with Gasteiger partial charge < -0.3 is 47.5 Å². The van der Waals surface area contributed by atoms with Crippen LogP contribution in [0.4, 0.5) is 13.2 Å². The van der Waals surface area contributed by atoms with Gasteiger partial charge in [-0.15, -0.1) is 0 Å². The molecular formula is C19H52F3N2O9S2+. The van der Waals surface area contributed by atoms with Gasteiger partial charge in [-0.2, -0.15) is 35.1 Å². The molecule has 0 bridgehead atoms. The van der Waals surface area contributed by atoms with E-state index in [1.165, 1.54) is 44.9 Å². The predicted octanol–water partition coefficient (Wildman–Crippen LogP) is -1.15. The van der Waals surface area contributed by atoms with E-state index in [1.807, 2.05) is 7.05 Å². The Bertz CT molecular complexity index is 406. The van der Waals surface area contributed by atoms with Crippen molar-refractivity contribution in [2.75, 3.05) is 26.7 Å². The van der Waals surface area contributed by atoms with Crippen molar-refractivity contribution in [2.24, 2.45) is 0 Å². The zero-order chi connectivity index (χ0) is 23.9. The Morgan fingerprint density at radius 2 is 1.11 bits per heavy atom. The van der Waals surface area contributed by atoms with Gasteiger partial charge in [-0.1, -0.05) is 52.9 Å². The number of alkyl halides is 3. The molecule has 0 rings (SSSR count). The molecule has 5 atom stereocenters. The van der Waals surface area contributed by atoms with Gasteiger partial charge in [-0.05, 0) is 12.8 Å². The highest BCUT2D eigenvalue weighted by molar-refractivity contribution is 7.59. The lowest BCUT2D eigenvalue weighted by atomic mass is 10.0. The third kappa shape index (κ3) is 44.0. The SMILES string of the molecule is C.CCCCCCCCCC[NH+](C)CC(O)C(O)C(O)C(O)CO.FC(F)F.N.O.O.O=S=O.S. The molecule has 5 unspecified atom stereocenters. The smallest absolute Gasteiger partial charge is 0.379 e. The van der Waals surface area contributed by atoms with Crippen molar-refractivity contribution in [1.82, 2.24) is 6.15 Å². The van der Waals surface area contributed by atoms with Crippen LogP contribution in [0.1, 0.15) is 65.7 Å². The summed E-state index contributed by atoms with van der Waals surface area (Å²) < 4.78 is 45.6. The van der Waals surface area contributed by atoms with Crippen LogP contribution in [-0.4, -0.2) is 103 Å². The quantitative estimate of drug-likeness (QED) is 0.118. The summed E-state index contributed by atoms with van der Waals surface area (Å²) in [4.78, 5) is 1.08. The molecule has 13 N–H and O–H groups in total. The molecule has 16 heteroatoms. The molecule has 0 aromatic heterocycles. The summed E-state index contributed by atoms with van der Waals surface area (Å²) in [5.41, 5.74) is 0. The van der Waals surface area contributed by atoms with E-state index in [4.69, 9.17) is 13.5 Å². The largest absolute Gasteiger partial charge is 0.412 e. The van der Waals surface area contributed by atoms with Crippen LogP contribution in [0.25, 0.3) is 0 Å². The zero-order valence-electron chi connectivity index (χ0n) is 20.0. The number of unbranched alkanes of at least 4 members (excludes halogenated alkanes) is 7. The average Bonchev–Trinajstić information content (AvgIpc) is 2.68. The summed E-state index contributed by atoms with van der Waals surface area (Å²) in [6, 6.07) is 0. The molecule has 0 aromatic carbocycles. The normalized spacial score (nSPS) is 13.5. The molecular weight excluding hydrogens is 521 g/mol. The highest BCUT2D eigenvalue weighted by Crippen LogP contribution is 2.08. The molecule has 0 aliphatic heterocycles. The van der Waals surface area contributed by atoms with Gasteiger partial charge in [0, 0.05) is 0 Å². The Balaban J connectivity index is -0.0000000897. The lowest BCUT2D eigenvalue weighted by molar-refractivity contribution is -0.883. The van der Waals surface area contributed by atoms with Crippen molar-refractivity contribution in [2.45, 2.75) is 96.8 Å². The predicted molar refractivity (Wildman–Crippen MR) is 136 cm³/mol. The number of halogens is 3. The molecule has 0 aromatic rings. The standard InChI is InChI=1S/C17H37NO5.CHF3.CH4.H3N.O2S.2H2O.H2S/c1-3-4-5-6-7-8-9-10-11-18(2)12-14(20)16(22)17(23)15(21)13-19;2-1(3)4;;;1-3-2;;;/h14-17,19-23H,3-13H2,1-2H3;1H;1H4;1H3;;3*1H2/p+1. The molecule has 35 heavy (non-hydrogen) atoms. The van der Waals surface area contributed by atoms with Crippen LogP contribution in [0.3, 0.4) is 0 Å². The molecule has 0 amide bonds. The number of aliphatic hydroxyl groups is 5. The van der Waals surface area contributed by atoms with E-state index in [0.29, 0.717) is 6.54 Å². The van der Waals surface area contributed by atoms with Gasteiger partial charge in [-0.3, -0.25) is 0 Å². The van der Waals surface area contributed by atoms with Crippen molar-refractivity contribution in [1.29, 1.82) is 0 Å². The lowest BCUT2D eigenvalue weighted by Gasteiger charge is -2.27. The van der Waals surface area contributed by atoms with Crippen LogP contribution in [0.15, 0.2) is 0 Å². The van der Waals surface area contributed by atoms with E-state index >= 15 is 0 Å². The van der Waals surface area contributed by atoms with Crippen LogP contribution in [0.2, 0.25) is 0 Å². The molecule has 0 radical (unpaired) electrons. The minimum Gasteiger partial charge on any atom is -0.412 e. The van der Waals surface area contributed by atoms with E-state index in [-0.39, 0.29) is 38.0 Å². The van der Waals surface area contributed by atoms with Crippen molar-refractivity contribution >= 4 is 25.1 Å². The van der Waals surface area contributed by atoms with E-state index in [2.05, 4.69) is 6.92 Å². The van der Waals surface area contributed by atoms with Crippen LogP contribution >= 0.6 is 13.5 Å². The maximum absolute atomic E-state index is 9.90. The molecule has 0 saturated carbocycles. The molecule has 0 saturated heterocycles. The second-order valence-corrected chi connectivity index (χ2v) is 7.14. The number of rotatable bonds is 15. The van der Waals surface area contributed by atoms with Gasteiger partial charge in [0.2, 0.25) is 0 Å². The average molecular weight is 574 g/mol. The number of quaternary nitrogens is 1. The maximum atomic E-state index is 9.90. The molecule has 0 fully saturated rings. The molecule has 0 aliphatic rings. The summed E-state index contributed by atoms with van der Waals surface area (Å²) in [5.74, 6) is 0. The zero-order valence-corrected chi connectivity index (χ0v) is 21.8. The van der Waals surface area contributed by atoms with E-state index in [9.17, 15) is 33.6 Å². The Morgan fingerprint density at radius 1 is 0.800 bits per heavy atom.